The van der Waals surface area contributed by atoms with Crippen LogP contribution in [0.5, 0.6) is 0 Å². The summed E-state index contributed by atoms with van der Waals surface area (Å²) in [4.78, 5) is 5.55. The fraction of sp³-hybridized carbons (Fsp3) is 0.900. The molecule has 0 bridgehead atoms. The largest absolute Gasteiger partial charge is 0.417 e. The second kappa shape index (κ2) is 5.32. The van der Waals surface area contributed by atoms with E-state index in [4.69, 9.17) is 9.84 Å². The fourth-order valence-electron chi connectivity index (χ4n) is 2.01. The molecule has 0 amide bonds. The molecule has 2 heterocycles. The summed E-state index contributed by atoms with van der Waals surface area (Å²) in [6.45, 7) is 0. The number of nitrogens with zero attached hydrogens (tertiary/aromatic N) is 2. The van der Waals surface area contributed by atoms with E-state index in [9.17, 15) is 22.7 Å². The maximum atomic E-state index is 14.0. The van der Waals surface area contributed by atoms with E-state index in [1.54, 1.807) is 19.0 Å². The molecular formula is C10H14F4N2O3S. The molecule has 5 nitrogen and oxygen atoms in total. The van der Waals surface area contributed by atoms with Crippen molar-refractivity contribution in [2.24, 2.45) is 4.99 Å². The molecule has 116 valence electrons. The number of amidine groups is 1. The summed E-state index contributed by atoms with van der Waals surface area (Å²) in [6, 6.07) is -1.08. The second-order valence-corrected chi connectivity index (χ2v) is 5.87. The van der Waals surface area contributed by atoms with Crippen LogP contribution < -0.4 is 0 Å². The van der Waals surface area contributed by atoms with Gasteiger partial charge in [0.05, 0.1) is 0 Å². The van der Waals surface area contributed by atoms with Crippen molar-refractivity contribution in [3.05, 3.63) is 0 Å². The first kappa shape index (κ1) is 15.8. The third-order valence-electron chi connectivity index (χ3n) is 3.07. The van der Waals surface area contributed by atoms with Gasteiger partial charge in [0.15, 0.2) is 17.4 Å². The van der Waals surface area contributed by atoms with Gasteiger partial charge in [0.25, 0.3) is 0 Å². The quantitative estimate of drug-likeness (QED) is 0.684. The molecule has 0 aromatic heterocycles. The van der Waals surface area contributed by atoms with E-state index >= 15 is 0 Å². The fourth-order valence-corrected chi connectivity index (χ4v) is 3.14. The van der Waals surface area contributed by atoms with Crippen molar-refractivity contribution in [1.29, 1.82) is 0 Å². The molecule has 10 heteroatoms. The zero-order chi connectivity index (χ0) is 15.2. The zero-order valence-corrected chi connectivity index (χ0v) is 11.4. The molecule has 20 heavy (non-hydrogen) atoms. The van der Waals surface area contributed by atoms with Crippen LogP contribution in [-0.2, 0) is 4.74 Å². The SMILES string of the molecule is CN(C)C1=N[C@@H]2[C@H](F)[C@H](O)[C@@H]([C@H](O)C(F)(F)F)O[C@@H]2S1. The second-order valence-electron chi connectivity index (χ2n) is 4.81. The third kappa shape index (κ3) is 2.74. The Morgan fingerprint density at radius 1 is 1.40 bits per heavy atom. The smallest absolute Gasteiger partial charge is 0.387 e. The summed E-state index contributed by atoms with van der Waals surface area (Å²) in [5.41, 5.74) is -0.993. The number of hydrogen-bond acceptors (Lipinski definition) is 6. The monoisotopic (exact) mass is 318 g/mol. The van der Waals surface area contributed by atoms with Crippen LogP contribution in [0.25, 0.3) is 0 Å². The molecule has 0 aromatic rings. The highest BCUT2D eigenvalue weighted by Gasteiger charge is 2.56. The predicted molar refractivity (Wildman–Crippen MR) is 64.1 cm³/mol. The van der Waals surface area contributed by atoms with Gasteiger partial charge in [-0.2, -0.15) is 13.2 Å². The van der Waals surface area contributed by atoms with Gasteiger partial charge in [-0.1, -0.05) is 11.8 Å². The Balaban J connectivity index is 2.17. The van der Waals surface area contributed by atoms with Crippen LogP contribution in [0.1, 0.15) is 0 Å². The van der Waals surface area contributed by atoms with Crippen LogP contribution in [0, 0.1) is 0 Å². The first-order chi connectivity index (χ1) is 9.12. The number of rotatable bonds is 1. The molecule has 0 saturated carbocycles. The third-order valence-corrected chi connectivity index (χ3v) is 4.37. The van der Waals surface area contributed by atoms with Gasteiger partial charge in [0, 0.05) is 14.1 Å². The van der Waals surface area contributed by atoms with Crippen molar-refractivity contribution in [2.75, 3.05) is 14.1 Å². The Kier molecular flexibility index (Phi) is 4.20. The number of fused-ring (bicyclic) bond motifs is 1. The Morgan fingerprint density at radius 2 is 2.00 bits per heavy atom. The molecule has 2 N–H and O–H groups in total. The Morgan fingerprint density at radius 3 is 2.50 bits per heavy atom. The highest BCUT2D eigenvalue weighted by Crippen LogP contribution is 2.40. The molecule has 2 aliphatic heterocycles. The van der Waals surface area contributed by atoms with Crippen molar-refractivity contribution < 1.29 is 32.5 Å². The minimum absolute atomic E-state index is 0.400. The van der Waals surface area contributed by atoms with Gasteiger partial charge in [-0.25, -0.2) is 4.39 Å². The summed E-state index contributed by atoms with van der Waals surface area (Å²) >= 11 is 0.964. The Bertz CT molecular complexity index is 406. The van der Waals surface area contributed by atoms with Crippen molar-refractivity contribution in [2.45, 2.75) is 42.1 Å². The van der Waals surface area contributed by atoms with Gasteiger partial charge in [-0.05, 0) is 0 Å². The van der Waals surface area contributed by atoms with Crippen molar-refractivity contribution >= 4 is 16.9 Å². The summed E-state index contributed by atoms with van der Waals surface area (Å²) in [5, 5.41) is 19.2. The number of alkyl halides is 4. The normalized spacial score (nSPS) is 39.2. The number of aliphatic hydroxyl groups is 2. The van der Waals surface area contributed by atoms with Gasteiger partial charge in [0.2, 0.25) is 0 Å². The van der Waals surface area contributed by atoms with E-state index < -0.39 is 42.1 Å². The lowest BCUT2D eigenvalue weighted by Gasteiger charge is -2.39. The van der Waals surface area contributed by atoms with Gasteiger partial charge >= 0.3 is 6.18 Å². The van der Waals surface area contributed by atoms with E-state index in [0.717, 1.165) is 11.8 Å². The maximum Gasteiger partial charge on any atom is 0.417 e. The number of halogens is 4. The average Bonchev–Trinajstić information content (AvgIpc) is 2.76. The summed E-state index contributed by atoms with van der Waals surface area (Å²) in [5.74, 6) is 0. The lowest BCUT2D eigenvalue weighted by atomic mass is 9.96. The molecule has 0 aliphatic carbocycles. The molecule has 2 rings (SSSR count). The van der Waals surface area contributed by atoms with E-state index in [2.05, 4.69) is 4.99 Å². The highest BCUT2D eigenvalue weighted by atomic mass is 32.2. The molecule has 6 atom stereocenters. The summed E-state index contributed by atoms with van der Waals surface area (Å²) < 4.78 is 56.5. The maximum absolute atomic E-state index is 14.0. The number of hydrogen-bond donors (Lipinski definition) is 2. The highest BCUT2D eigenvalue weighted by molar-refractivity contribution is 8.14. The van der Waals surface area contributed by atoms with Crippen molar-refractivity contribution in [3.63, 3.8) is 0 Å². The van der Waals surface area contributed by atoms with Crippen LogP contribution in [-0.4, -0.2) is 76.5 Å². The topological polar surface area (TPSA) is 65.3 Å². The van der Waals surface area contributed by atoms with Crippen LogP contribution >= 0.6 is 11.8 Å². The van der Waals surface area contributed by atoms with E-state index in [1.807, 2.05) is 0 Å². The minimum Gasteiger partial charge on any atom is -0.387 e. The lowest BCUT2D eigenvalue weighted by molar-refractivity contribution is -0.267. The lowest BCUT2D eigenvalue weighted by Crippen LogP contribution is -2.59. The number of thioether (sulfide) groups is 1. The van der Waals surface area contributed by atoms with E-state index in [1.165, 1.54) is 0 Å². The molecule has 0 spiro atoms. The van der Waals surface area contributed by atoms with Crippen molar-refractivity contribution in [3.8, 4) is 0 Å². The Labute approximate surface area is 116 Å². The number of aliphatic hydroxyl groups excluding tert-OH is 2. The van der Waals surface area contributed by atoms with Gasteiger partial charge in [-0.15, -0.1) is 0 Å². The molecule has 0 aromatic carbocycles. The summed E-state index contributed by atoms with van der Waals surface area (Å²) in [7, 11) is 3.30. The van der Waals surface area contributed by atoms with Gasteiger partial charge in [0.1, 0.15) is 23.7 Å². The Hall–Kier alpha value is -0.580. The number of aliphatic imine (C=N–C) groups is 1. The van der Waals surface area contributed by atoms with E-state index in [-0.39, 0.29) is 0 Å². The molecule has 1 saturated heterocycles. The zero-order valence-electron chi connectivity index (χ0n) is 10.6. The van der Waals surface area contributed by atoms with Crippen LogP contribution in [0.15, 0.2) is 4.99 Å². The van der Waals surface area contributed by atoms with Gasteiger partial charge < -0.3 is 19.8 Å². The van der Waals surface area contributed by atoms with Crippen LogP contribution in [0.3, 0.4) is 0 Å². The van der Waals surface area contributed by atoms with Crippen LogP contribution in [0.2, 0.25) is 0 Å². The molecule has 1 fully saturated rings. The average molecular weight is 318 g/mol. The van der Waals surface area contributed by atoms with Gasteiger partial charge in [-0.3, -0.25) is 4.99 Å². The summed E-state index contributed by atoms with van der Waals surface area (Å²) in [6.07, 6.45) is -14.1. The van der Waals surface area contributed by atoms with Crippen LogP contribution in [0.4, 0.5) is 17.6 Å². The molecule has 0 radical (unpaired) electrons. The predicted octanol–water partition coefficient (Wildman–Crippen LogP) is 0.366. The molecule has 2 aliphatic rings. The van der Waals surface area contributed by atoms with E-state index in [0.29, 0.717) is 5.17 Å². The standard InChI is InChI=1S/C10H14F4N2O3S/c1-16(2)9-15-4-3(11)5(17)6(19-8(4)20-9)7(18)10(12,13)14/h3-8,17-18H,1-2H3/t3-,4+,5-,6-,7-,8+/m0/s1. The first-order valence-electron chi connectivity index (χ1n) is 5.77. The minimum atomic E-state index is -4.99. The number of ether oxygens (including phenoxy) is 1. The first-order valence-corrected chi connectivity index (χ1v) is 6.65. The molecular weight excluding hydrogens is 304 g/mol. The van der Waals surface area contributed by atoms with Crippen molar-refractivity contribution in [1.82, 2.24) is 4.90 Å². The molecule has 0 unspecified atom stereocenters.